The van der Waals surface area contributed by atoms with Crippen LogP contribution >= 0.6 is 11.8 Å². The molecular formula is C25H27N3O4S. The van der Waals surface area contributed by atoms with E-state index in [2.05, 4.69) is 10.6 Å². The molecule has 0 saturated heterocycles. The van der Waals surface area contributed by atoms with Crippen molar-refractivity contribution in [3.63, 3.8) is 0 Å². The Labute approximate surface area is 196 Å². The molecule has 8 heteroatoms. The lowest BCUT2D eigenvalue weighted by Crippen LogP contribution is -2.60. The van der Waals surface area contributed by atoms with Crippen LogP contribution in [0, 0.1) is 27.9 Å². The van der Waals surface area contributed by atoms with Gasteiger partial charge in [0.1, 0.15) is 0 Å². The number of thioether (sulfide) groups is 1. The van der Waals surface area contributed by atoms with E-state index in [4.69, 9.17) is 0 Å². The highest BCUT2D eigenvalue weighted by Gasteiger charge is 2.51. The fourth-order valence-corrected chi connectivity index (χ4v) is 7.23. The molecule has 0 radical (unpaired) electrons. The molecule has 2 amide bonds. The van der Waals surface area contributed by atoms with Gasteiger partial charge in [0.2, 0.25) is 5.91 Å². The highest BCUT2D eigenvalue weighted by Crippen LogP contribution is 2.55. The molecule has 0 aliphatic heterocycles. The lowest BCUT2D eigenvalue weighted by Gasteiger charge is -2.56. The van der Waals surface area contributed by atoms with E-state index in [1.807, 2.05) is 12.1 Å². The third kappa shape index (κ3) is 4.76. The average molecular weight is 466 g/mol. The van der Waals surface area contributed by atoms with Crippen molar-refractivity contribution in [3.8, 4) is 0 Å². The smallest absolute Gasteiger partial charge is 0.269 e. The Morgan fingerprint density at radius 3 is 2.18 bits per heavy atom. The Morgan fingerprint density at radius 2 is 1.58 bits per heavy atom. The van der Waals surface area contributed by atoms with Gasteiger partial charge < -0.3 is 10.6 Å². The predicted octanol–water partition coefficient (Wildman–Crippen LogP) is 5.02. The summed E-state index contributed by atoms with van der Waals surface area (Å²) in [6.07, 6.45) is 7.35. The average Bonchev–Trinajstić information content (AvgIpc) is 2.77. The number of nitro benzene ring substituents is 1. The van der Waals surface area contributed by atoms with E-state index in [9.17, 15) is 19.7 Å². The van der Waals surface area contributed by atoms with Gasteiger partial charge in [-0.3, -0.25) is 19.7 Å². The zero-order chi connectivity index (χ0) is 23.0. The number of nitrogens with one attached hydrogen (secondary N) is 2. The van der Waals surface area contributed by atoms with Gasteiger partial charge in [0, 0.05) is 28.3 Å². The molecule has 4 bridgehead atoms. The van der Waals surface area contributed by atoms with Gasteiger partial charge in [-0.25, -0.2) is 0 Å². The molecule has 0 unspecified atom stereocenters. The van der Waals surface area contributed by atoms with Gasteiger partial charge in [0.25, 0.3) is 11.6 Å². The van der Waals surface area contributed by atoms with Crippen molar-refractivity contribution >= 4 is 35.0 Å². The lowest BCUT2D eigenvalue weighted by atomic mass is 9.53. The van der Waals surface area contributed by atoms with Crippen molar-refractivity contribution < 1.29 is 14.5 Å². The zero-order valence-corrected chi connectivity index (χ0v) is 19.1. The normalized spacial score (nSPS) is 27.2. The molecule has 0 aromatic heterocycles. The number of benzene rings is 2. The summed E-state index contributed by atoms with van der Waals surface area (Å²) in [7, 11) is 0. The van der Waals surface area contributed by atoms with Crippen molar-refractivity contribution in [3.05, 3.63) is 64.2 Å². The molecule has 2 aromatic rings. The molecule has 4 aliphatic carbocycles. The summed E-state index contributed by atoms with van der Waals surface area (Å²) in [4.78, 5) is 36.8. The Kier molecular flexibility index (Phi) is 5.86. The molecule has 0 atom stereocenters. The standard InChI is InChI=1S/C25H27N3O4S/c29-23(27-25-12-16-9-17(13-25)11-18(10-16)14-25)15-33-22-4-2-1-3-21(22)24(30)26-19-5-7-20(8-6-19)28(31)32/h1-8,16-18H,9-15H2,(H,26,30)(H,27,29). The highest BCUT2D eigenvalue weighted by atomic mass is 32.2. The monoisotopic (exact) mass is 465 g/mol. The van der Waals surface area contributed by atoms with Crippen molar-refractivity contribution in [1.29, 1.82) is 0 Å². The van der Waals surface area contributed by atoms with Gasteiger partial charge in [-0.05, 0) is 80.5 Å². The Balaban J connectivity index is 1.20. The second kappa shape index (κ2) is 8.82. The number of nitro groups is 1. The first kappa shape index (κ1) is 21.9. The minimum atomic E-state index is -0.480. The van der Waals surface area contributed by atoms with Crippen LogP contribution in [0.1, 0.15) is 48.9 Å². The molecule has 0 spiro atoms. The molecule has 4 saturated carbocycles. The third-order valence-corrected chi connectivity index (χ3v) is 8.34. The first-order valence-corrected chi connectivity index (χ1v) is 12.5. The molecule has 0 heterocycles. The van der Waals surface area contributed by atoms with Crippen molar-refractivity contribution in [2.45, 2.75) is 49.0 Å². The number of rotatable bonds is 7. The van der Waals surface area contributed by atoms with Crippen LogP contribution in [0.2, 0.25) is 0 Å². The summed E-state index contributed by atoms with van der Waals surface area (Å²) in [5, 5.41) is 17.0. The van der Waals surface area contributed by atoms with Crippen LogP contribution in [0.25, 0.3) is 0 Å². The number of hydrogen-bond donors (Lipinski definition) is 2. The molecule has 6 rings (SSSR count). The van der Waals surface area contributed by atoms with E-state index in [0.29, 0.717) is 11.3 Å². The maximum absolute atomic E-state index is 12.9. The molecule has 4 fully saturated rings. The first-order chi connectivity index (χ1) is 15.9. The summed E-state index contributed by atoms with van der Waals surface area (Å²) in [6, 6.07) is 12.9. The van der Waals surface area contributed by atoms with Crippen LogP contribution < -0.4 is 10.6 Å². The fourth-order valence-electron chi connectivity index (χ4n) is 6.38. The second-order valence-electron chi connectivity index (χ2n) is 9.79. The number of hydrogen-bond acceptors (Lipinski definition) is 5. The van der Waals surface area contributed by atoms with Crippen molar-refractivity contribution in [2.75, 3.05) is 11.1 Å². The fraction of sp³-hybridized carbons (Fsp3) is 0.440. The van der Waals surface area contributed by atoms with Crippen LogP contribution in [-0.4, -0.2) is 28.0 Å². The molecular weight excluding hydrogens is 438 g/mol. The lowest BCUT2D eigenvalue weighted by molar-refractivity contribution is -0.384. The number of carbonyl (C=O) groups excluding carboxylic acids is 2. The van der Waals surface area contributed by atoms with Crippen LogP contribution in [-0.2, 0) is 4.79 Å². The minimum Gasteiger partial charge on any atom is -0.350 e. The number of carbonyl (C=O) groups is 2. The SMILES string of the molecule is O=C(CSc1ccccc1C(=O)Nc1ccc([N+](=O)[O-])cc1)NC12CC3CC(CC(C3)C1)C2. The molecule has 2 N–H and O–H groups in total. The van der Waals surface area contributed by atoms with Crippen LogP contribution in [0.3, 0.4) is 0 Å². The highest BCUT2D eigenvalue weighted by molar-refractivity contribution is 8.00. The van der Waals surface area contributed by atoms with Gasteiger partial charge in [-0.15, -0.1) is 11.8 Å². The van der Waals surface area contributed by atoms with Crippen LogP contribution in [0.4, 0.5) is 11.4 Å². The van der Waals surface area contributed by atoms with Crippen molar-refractivity contribution in [2.24, 2.45) is 17.8 Å². The van der Waals surface area contributed by atoms with E-state index in [1.54, 1.807) is 12.1 Å². The topological polar surface area (TPSA) is 101 Å². The first-order valence-electron chi connectivity index (χ1n) is 11.5. The van der Waals surface area contributed by atoms with E-state index in [0.717, 1.165) is 41.9 Å². The van der Waals surface area contributed by atoms with E-state index < -0.39 is 4.92 Å². The van der Waals surface area contributed by atoms with E-state index in [1.165, 1.54) is 55.3 Å². The maximum atomic E-state index is 12.9. The Hall–Kier alpha value is -2.87. The largest absolute Gasteiger partial charge is 0.350 e. The summed E-state index contributed by atoms with van der Waals surface area (Å²) < 4.78 is 0. The molecule has 7 nitrogen and oxygen atoms in total. The van der Waals surface area contributed by atoms with Gasteiger partial charge >= 0.3 is 0 Å². The number of non-ortho nitro benzene ring substituents is 1. The number of nitrogens with zero attached hydrogens (tertiary/aromatic N) is 1. The van der Waals surface area contributed by atoms with Gasteiger partial charge in [0.15, 0.2) is 0 Å². The third-order valence-electron chi connectivity index (χ3n) is 7.27. The second-order valence-corrected chi connectivity index (χ2v) is 10.8. The van der Waals surface area contributed by atoms with E-state index >= 15 is 0 Å². The molecule has 33 heavy (non-hydrogen) atoms. The summed E-state index contributed by atoms with van der Waals surface area (Å²) in [6.45, 7) is 0. The van der Waals surface area contributed by atoms with Crippen LogP contribution in [0.15, 0.2) is 53.4 Å². The van der Waals surface area contributed by atoms with Gasteiger partial charge in [-0.2, -0.15) is 0 Å². The Morgan fingerprint density at radius 1 is 0.970 bits per heavy atom. The molecule has 172 valence electrons. The number of amides is 2. The summed E-state index contributed by atoms with van der Waals surface area (Å²) >= 11 is 1.37. The Bertz CT molecular complexity index is 1050. The number of anilines is 1. The quantitative estimate of drug-likeness (QED) is 0.339. The van der Waals surface area contributed by atoms with E-state index in [-0.39, 0.29) is 28.8 Å². The molecule has 4 aliphatic rings. The minimum absolute atomic E-state index is 0.0147. The zero-order valence-electron chi connectivity index (χ0n) is 18.3. The summed E-state index contributed by atoms with van der Waals surface area (Å²) in [5.41, 5.74) is 0.904. The van der Waals surface area contributed by atoms with Gasteiger partial charge in [0.05, 0.1) is 16.2 Å². The van der Waals surface area contributed by atoms with Crippen LogP contribution in [0.5, 0.6) is 0 Å². The molecule has 2 aromatic carbocycles. The maximum Gasteiger partial charge on any atom is 0.269 e. The van der Waals surface area contributed by atoms with Gasteiger partial charge in [-0.1, -0.05) is 12.1 Å². The summed E-state index contributed by atoms with van der Waals surface area (Å²) in [5.74, 6) is 2.30. The predicted molar refractivity (Wildman–Crippen MR) is 127 cm³/mol. The van der Waals surface area contributed by atoms with Crippen molar-refractivity contribution in [1.82, 2.24) is 5.32 Å².